The molecule has 3 aromatic carbocycles. The van der Waals surface area contributed by atoms with E-state index in [0.29, 0.717) is 31.8 Å². The highest BCUT2D eigenvalue weighted by Crippen LogP contribution is 2.41. The van der Waals surface area contributed by atoms with Gasteiger partial charge < -0.3 is 14.2 Å². The first-order chi connectivity index (χ1) is 17.2. The van der Waals surface area contributed by atoms with Gasteiger partial charge in [0.25, 0.3) is 0 Å². The fourth-order valence-electron chi connectivity index (χ4n) is 4.30. The van der Waals surface area contributed by atoms with E-state index in [-0.39, 0.29) is 11.9 Å². The number of aryl methyl sites for hydroxylation is 2. The fraction of sp³-hybridized carbons (Fsp3) is 0.344. The van der Waals surface area contributed by atoms with Crippen molar-refractivity contribution in [3.8, 4) is 23.8 Å². The molecule has 4 nitrogen and oxygen atoms in total. The highest BCUT2D eigenvalue weighted by molar-refractivity contribution is 5.79. The maximum Gasteiger partial charge on any atom is 0.317 e. The Labute approximate surface area is 215 Å². The first-order valence-electron chi connectivity index (χ1n) is 12.3. The Morgan fingerprint density at radius 1 is 0.972 bits per heavy atom. The second-order valence-corrected chi connectivity index (χ2v) is 9.75. The second-order valence-electron chi connectivity index (χ2n) is 9.75. The van der Waals surface area contributed by atoms with E-state index in [1.807, 2.05) is 69.3 Å². The lowest BCUT2D eigenvalue weighted by molar-refractivity contribution is -0.145. The van der Waals surface area contributed by atoms with Crippen molar-refractivity contribution in [2.24, 2.45) is 5.41 Å². The van der Waals surface area contributed by atoms with Gasteiger partial charge in [-0.15, -0.1) is 12.3 Å². The van der Waals surface area contributed by atoms with E-state index < -0.39 is 5.41 Å². The molecule has 0 aromatic heterocycles. The molecular weight excluding hydrogens is 448 g/mol. The smallest absolute Gasteiger partial charge is 0.317 e. The third-order valence-corrected chi connectivity index (χ3v) is 6.64. The number of carbonyl (C=O) groups excluding carboxylic acids is 1. The van der Waals surface area contributed by atoms with Crippen LogP contribution in [0.1, 0.15) is 60.4 Å². The number of esters is 1. The van der Waals surface area contributed by atoms with Crippen LogP contribution in [0.3, 0.4) is 0 Å². The van der Waals surface area contributed by atoms with Gasteiger partial charge in [-0.05, 0) is 86.2 Å². The van der Waals surface area contributed by atoms with Crippen LogP contribution in [-0.4, -0.2) is 13.1 Å². The molecule has 0 aliphatic rings. The van der Waals surface area contributed by atoms with Crippen molar-refractivity contribution in [3.05, 3.63) is 94.5 Å². The molecule has 0 aliphatic carbocycles. The number of benzene rings is 3. The van der Waals surface area contributed by atoms with E-state index in [1.54, 1.807) is 7.11 Å². The van der Waals surface area contributed by atoms with E-state index in [1.165, 1.54) is 0 Å². The summed E-state index contributed by atoms with van der Waals surface area (Å²) in [4.78, 5) is 13.3. The van der Waals surface area contributed by atoms with E-state index in [4.69, 9.17) is 20.6 Å². The molecule has 0 amide bonds. The van der Waals surface area contributed by atoms with Crippen LogP contribution in [0.4, 0.5) is 0 Å². The van der Waals surface area contributed by atoms with Gasteiger partial charge in [-0.25, -0.2) is 0 Å². The van der Waals surface area contributed by atoms with Crippen molar-refractivity contribution in [3.63, 3.8) is 0 Å². The van der Waals surface area contributed by atoms with Gasteiger partial charge in [0.05, 0.1) is 25.7 Å². The summed E-state index contributed by atoms with van der Waals surface area (Å²) in [5.41, 5.74) is 4.64. The average molecular weight is 485 g/mol. The van der Waals surface area contributed by atoms with Crippen LogP contribution >= 0.6 is 0 Å². The van der Waals surface area contributed by atoms with Crippen LogP contribution in [0.25, 0.3) is 0 Å². The molecule has 0 saturated heterocycles. The third kappa shape index (κ3) is 6.99. The minimum atomic E-state index is -0.781. The van der Waals surface area contributed by atoms with Crippen molar-refractivity contribution in [1.29, 1.82) is 0 Å². The zero-order valence-electron chi connectivity index (χ0n) is 22.0. The molecule has 0 saturated carbocycles. The maximum atomic E-state index is 13.3. The number of hydrogen-bond donors (Lipinski definition) is 0. The summed E-state index contributed by atoms with van der Waals surface area (Å²) in [5.74, 6) is 3.74. The van der Waals surface area contributed by atoms with E-state index in [0.717, 1.165) is 33.6 Å². The minimum Gasteiger partial charge on any atom is -0.497 e. The Hall–Kier alpha value is -3.55. The van der Waals surface area contributed by atoms with Crippen LogP contribution in [0.2, 0.25) is 0 Å². The second kappa shape index (κ2) is 12.4. The van der Waals surface area contributed by atoms with Crippen molar-refractivity contribution in [2.75, 3.05) is 7.11 Å². The molecule has 36 heavy (non-hydrogen) atoms. The number of ether oxygens (including phenoxy) is 3. The third-order valence-electron chi connectivity index (χ3n) is 6.64. The average Bonchev–Trinajstić information content (AvgIpc) is 2.86. The maximum absolute atomic E-state index is 13.3. The molecule has 3 aromatic rings. The van der Waals surface area contributed by atoms with E-state index in [9.17, 15) is 4.79 Å². The molecule has 0 heterocycles. The van der Waals surface area contributed by atoms with Crippen LogP contribution in [0, 0.1) is 31.6 Å². The molecule has 0 spiro atoms. The summed E-state index contributed by atoms with van der Waals surface area (Å²) in [6, 6.07) is 21.7. The largest absolute Gasteiger partial charge is 0.497 e. The summed E-state index contributed by atoms with van der Waals surface area (Å²) in [6.45, 7) is 8.90. The predicted octanol–water partition coefficient (Wildman–Crippen LogP) is 7.16. The van der Waals surface area contributed by atoms with Crippen LogP contribution in [-0.2, 0) is 22.7 Å². The van der Waals surface area contributed by atoms with Crippen LogP contribution < -0.4 is 9.47 Å². The molecule has 1 unspecified atom stereocenters. The van der Waals surface area contributed by atoms with Crippen molar-refractivity contribution in [2.45, 2.75) is 59.7 Å². The Kier molecular flexibility index (Phi) is 9.33. The molecule has 0 N–H and O–H groups in total. The Morgan fingerprint density at radius 2 is 1.72 bits per heavy atom. The van der Waals surface area contributed by atoms with E-state index >= 15 is 0 Å². The molecule has 0 fully saturated rings. The number of methoxy groups -OCH3 is 1. The van der Waals surface area contributed by atoms with E-state index in [2.05, 4.69) is 31.0 Å². The number of carbonyl (C=O) groups is 1. The molecule has 1 atom stereocenters. The number of hydrogen-bond acceptors (Lipinski definition) is 4. The normalized spacial score (nSPS) is 12.0. The van der Waals surface area contributed by atoms with Crippen molar-refractivity contribution < 1.29 is 19.0 Å². The van der Waals surface area contributed by atoms with Gasteiger partial charge in [-0.1, -0.05) is 42.5 Å². The van der Waals surface area contributed by atoms with Gasteiger partial charge in [0.1, 0.15) is 11.5 Å². The Balaban J connectivity index is 1.78. The summed E-state index contributed by atoms with van der Waals surface area (Å²) in [5, 5.41) is 0. The lowest BCUT2D eigenvalue weighted by Crippen LogP contribution is -2.35. The first kappa shape index (κ1) is 27.0. The zero-order chi connectivity index (χ0) is 26.1. The molecule has 4 heteroatoms. The predicted molar refractivity (Wildman–Crippen MR) is 144 cm³/mol. The van der Waals surface area contributed by atoms with Crippen molar-refractivity contribution >= 4 is 5.97 Å². The Bertz CT molecular complexity index is 1200. The number of rotatable bonds is 11. The standard InChI is InChI=1S/C32H36O4/c1-7-8-12-30(32(4,5)31(33)36-29-11-9-10-23(2)19-29)26-16-13-24(3)27(20-26)22-35-21-25-14-17-28(34-6)18-15-25/h1,9-11,13-20,30H,8,12,21-22H2,2-6H3. The topological polar surface area (TPSA) is 44.8 Å². The minimum absolute atomic E-state index is 0.105. The lowest BCUT2D eigenvalue weighted by atomic mass is 9.72. The van der Waals surface area contributed by atoms with Gasteiger partial charge in [0.2, 0.25) is 0 Å². The fourth-order valence-corrected chi connectivity index (χ4v) is 4.30. The van der Waals surface area contributed by atoms with Gasteiger partial charge in [-0.2, -0.15) is 0 Å². The molecule has 188 valence electrons. The van der Waals surface area contributed by atoms with Gasteiger partial charge in [0, 0.05) is 12.3 Å². The summed E-state index contributed by atoms with van der Waals surface area (Å²) < 4.78 is 17.1. The molecule has 0 aliphatic heterocycles. The molecular formula is C32H36O4. The van der Waals surface area contributed by atoms with Gasteiger partial charge in [-0.3, -0.25) is 4.79 Å². The van der Waals surface area contributed by atoms with Crippen LogP contribution in [0.15, 0.2) is 66.7 Å². The zero-order valence-corrected chi connectivity index (χ0v) is 22.0. The highest BCUT2D eigenvalue weighted by atomic mass is 16.5. The summed E-state index contributed by atoms with van der Waals surface area (Å²) >= 11 is 0. The quantitative estimate of drug-likeness (QED) is 0.165. The number of terminal acetylenes is 1. The lowest BCUT2D eigenvalue weighted by Gasteiger charge is -2.33. The highest BCUT2D eigenvalue weighted by Gasteiger charge is 2.39. The summed E-state index contributed by atoms with van der Waals surface area (Å²) in [6.07, 6.45) is 6.87. The van der Waals surface area contributed by atoms with Gasteiger partial charge in [0.15, 0.2) is 0 Å². The monoisotopic (exact) mass is 484 g/mol. The Morgan fingerprint density at radius 3 is 2.39 bits per heavy atom. The molecule has 0 radical (unpaired) electrons. The SMILES string of the molecule is C#CCCC(c1ccc(C)c(COCc2ccc(OC)cc2)c1)C(C)(C)C(=O)Oc1cccc(C)c1. The summed E-state index contributed by atoms with van der Waals surface area (Å²) in [7, 11) is 1.65. The molecule has 3 rings (SSSR count). The molecule has 0 bridgehead atoms. The first-order valence-corrected chi connectivity index (χ1v) is 12.3. The van der Waals surface area contributed by atoms with Crippen LogP contribution in [0.5, 0.6) is 11.5 Å². The van der Waals surface area contributed by atoms with Crippen molar-refractivity contribution in [1.82, 2.24) is 0 Å². The van der Waals surface area contributed by atoms with Gasteiger partial charge >= 0.3 is 5.97 Å².